The van der Waals surface area contributed by atoms with Crippen LogP contribution in [0.25, 0.3) is 0 Å². The van der Waals surface area contributed by atoms with Crippen LogP contribution in [0.1, 0.15) is 16.8 Å². The molecule has 0 aromatic carbocycles. The molecule has 1 atom stereocenters. The molecule has 1 aliphatic heterocycles. The Morgan fingerprint density at radius 1 is 1.50 bits per heavy atom. The molecule has 1 fully saturated rings. The second-order valence-electron chi connectivity index (χ2n) is 4.52. The van der Waals surface area contributed by atoms with Gasteiger partial charge in [-0.25, -0.2) is 8.42 Å². The lowest BCUT2D eigenvalue weighted by Gasteiger charge is -2.27. The Labute approximate surface area is 138 Å². The third kappa shape index (κ3) is 3.62. The minimum atomic E-state index is -3.07. The summed E-state index contributed by atoms with van der Waals surface area (Å²) >= 11 is 8.02. The second kappa shape index (κ2) is 6.43. The molecular formula is C11H13Br2NO4S2. The second-order valence-corrected chi connectivity index (χ2v) is 10.5. The standard InChI is InChI=1S/C11H13Br2NO4S2/c12-9-5-8(10(13)19-9)11(16)14(2-3-15)7-1-4-20(17,18)6-7/h5,7,15H,1-4,6H2. The van der Waals surface area contributed by atoms with E-state index in [-0.39, 0.29) is 36.6 Å². The van der Waals surface area contributed by atoms with Gasteiger partial charge in [0.15, 0.2) is 9.84 Å². The van der Waals surface area contributed by atoms with Crippen LogP contribution in [0.3, 0.4) is 0 Å². The quantitative estimate of drug-likeness (QED) is 0.766. The molecule has 1 saturated heterocycles. The molecule has 1 aromatic heterocycles. The van der Waals surface area contributed by atoms with E-state index in [2.05, 4.69) is 31.9 Å². The summed E-state index contributed by atoms with van der Waals surface area (Å²) < 4.78 is 24.6. The summed E-state index contributed by atoms with van der Waals surface area (Å²) in [5.41, 5.74) is 0.486. The molecule has 112 valence electrons. The molecule has 0 aliphatic carbocycles. The van der Waals surface area contributed by atoms with E-state index in [4.69, 9.17) is 5.11 Å². The van der Waals surface area contributed by atoms with Crippen molar-refractivity contribution in [3.8, 4) is 0 Å². The molecule has 1 aromatic rings. The van der Waals surface area contributed by atoms with Gasteiger partial charge in [-0.2, -0.15) is 0 Å². The van der Waals surface area contributed by atoms with Crippen LogP contribution in [0.15, 0.2) is 13.6 Å². The number of carbonyl (C=O) groups is 1. The summed E-state index contributed by atoms with van der Waals surface area (Å²) in [6.07, 6.45) is 0.428. The highest BCUT2D eigenvalue weighted by Crippen LogP contribution is 2.33. The number of amides is 1. The van der Waals surface area contributed by atoms with E-state index in [0.717, 1.165) is 3.79 Å². The van der Waals surface area contributed by atoms with Crippen molar-refractivity contribution in [3.05, 3.63) is 19.2 Å². The molecule has 9 heteroatoms. The van der Waals surface area contributed by atoms with Gasteiger partial charge in [0.25, 0.3) is 5.91 Å². The molecule has 2 rings (SSSR count). The minimum Gasteiger partial charge on any atom is -0.395 e. The van der Waals surface area contributed by atoms with E-state index in [9.17, 15) is 13.2 Å². The highest BCUT2D eigenvalue weighted by molar-refractivity contribution is 9.12. The number of hydrogen-bond donors (Lipinski definition) is 1. The number of aliphatic hydroxyl groups excluding tert-OH is 1. The lowest BCUT2D eigenvalue weighted by atomic mass is 10.2. The highest BCUT2D eigenvalue weighted by atomic mass is 79.9. The number of thiophene rings is 1. The summed E-state index contributed by atoms with van der Waals surface area (Å²) in [7, 11) is -3.07. The van der Waals surface area contributed by atoms with E-state index in [1.165, 1.54) is 16.2 Å². The van der Waals surface area contributed by atoms with Gasteiger partial charge < -0.3 is 10.0 Å². The first-order valence-corrected chi connectivity index (χ1v) is 10.1. The minimum absolute atomic E-state index is 0.0261. The number of aliphatic hydroxyl groups is 1. The van der Waals surface area contributed by atoms with Crippen molar-refractivity contribution in [1.82, 2.24) is 4.90 Å². The third-order valence-electron chi connectivity index (χ3n) is 3.14. The maximum Gasteiger partial charge on any atom is 0.256 e. The van der Waals surface area contributed by atoms with E-state index in [1.807, 2.05) is 0 Å². The molecule has 2 heterocycles. The molecule has 1 unspecified atom stereocenters. The molecular weight excluding hydrogens is 434 g/mol. The van der Waals surface area contributed by atoms with Crippen molar-refractivity contribution in [2.24, 2.45) is 0 Å². The molecule has 20 heavy (non-hydrogen) atoms. The lowest BCUT2D eigenvalue weighted by Crippen LogP contribution is -2.42. The van der Waals surface area contributed by atoms with Crippen molar-refractivity contribution in [1.29, 1.82) is 0 Å². The van der Waals surface area contributed by atoms with Crippen LogP contribution in [0.4, 0.5) is 0 Å². The summed E-state index contributed by atoms with van der Waals surface area (Å²) in [6, 6.07) is 1.34. The normalized spacial score (nSPS) is 21.1. The first-order chi connectivity index (χ1) is 9.34. The number of nitrogens with zero attached hydrogens (tertiary/aromatic N) is 1. The van der Waals surface area contributed by atoms with E-state index < -0.39 is 9.84 Å². The van der Waals surface area contributed by atoms with E-state index in [0.29, 0.717) is 15.8 Å². The summed E-state index contributed by atoms with van der Waals surface area (Å²) in [5.74, 6) is -0.182. The Morgan fingerprint density at radius 2 is 2.20 bits per heavy atom. The SMILES string of the molecule is O=C(c1cc(Br)sc1Br)N(CCO)C1CCS(=O)(=O)C1. The van der Waals surface area contributed by atoms with E-state index in [1.54, 1.807) is 6.07 Å². The van der Waals surface area contributed by atoms with Gasteiger partial charge in [0, 0.05) is 12.6 Å². The fraction of sp³-hybridized carbons (Fsp3) is 0.545. The average Bonchev–Trinajstić information content (AvgIpc) is 2.88. The lowest BCUT2D eigenvalue weighted by molar-refractivity contribution is 0.0655. The number of halogens is 2. The van der Waals surface area contributed by atoms with Crippen LogP contribution < -0.4 is 0 Å². The molecule has 1 amide bonds. The van der Waals surface area contributed by atoms with Gasteiger partial charge in [0.05, 0.1) is 31.2 Å². The van der Waals surface area contributed by atoms with Gasteiger partial charge >= 0.3 is 0 Å². The molecule has 5 nitrogen and oxygen atoms in total. The van der Waals surface area contributed by atoms with Crippen molar-refractivity contribution in [3.63, 3.8) is 0 Å². The molecule has 1 N–H and O–H groups in total. The third-order valence-corrected chi connectivity index (χ3v) is 7.23. The number of carbonyl (C=O) groups excluding carboxylic acids is 1. The zero-order chi connectivity index (χ0) is 14.9. The predicted molar refractivity (Wildman–Crippen MR) is 84.9 cm³/mol. The summed E-state index contributed by atoms with van der Waals surface area (Å²) in [5, 5.41) is 9.14. The average molecular weight is 447 g/mol. The van der Waals surface area contributed by atoms with E-state index >= 15 is 0 Å². The van der Waals surface area contributed by atoms with Crippen LogP contribution in [-0.4, -0.2) is 55.0 Å². The van der Waals surface area contributed by atoms with Gasteiger partial charge in [0.1, 0.15) is 0 Å². The number of sulfone groups is 1. The molecule has 0 saturated carbocycles. The Balaban J connectivity index is 2.25. The van der Waals surface area contributed by atoms with Crippen LogP contribution >= 0.6 is 43.2 Å². The Morgan fingerprint density at radius 3 is 2.65 bits per heavy atom. The zero-order valence-corrected chi connectivity index (χ0v) is 15.2. The van der Waals surface area contributed by atoms with Crippen LogP contribution in [-0.2, 0) is 9.84 Å². The van der Waals surface area contributed by atoms with Crippen LogP contribution in [0.5, 0.6) is 0 Å². The van der Waals surface area contributed by atoms with Gasteiger partial charge in [-0.05, 0) is 44.3 Å². The first kappa shape index (κ1) is 16.4. The van der Waals surface area contributed by atoms with Crippen LogP contribution in [0, 0.1) is 0 Å². The summed E-state index contributed by atoms with van der Waals surface area (Å²) in [6.45, 7) is -0.0514. The summed E-state index contributed by atoms with van der Waals surface area (Å²) in [4.78, 5) is 14.0. The largest absolute Gasteiger partial charge is 0.395 e. The predicted octanol–water partition coefficient (Wildman–Crippen LogP) is 1.89. The monoisotopic (exact) mass is 445 g/mol. The molecule has 0 spiro atoms. The first-order valence-electron chi connectivity index (χ1n) is 5.91. The Hall–Kier alpha value is 0.0400. The Bertz CT molecular complexity index is 614. The maximum absolute atomic E-state index is 12.5. The van der Waals surface area contributed by atoms with Crippen molar-refractivity contribution in [2.75, 3.05) is 24.7 Å². The topological polar surface area (TPSA) is 74.7 Å². The highest BCUT2D eigenvalue weighted by Gasteiger charge is 2.35. The van der Waals surface area contributed by atoms with Gasteiger partial charge in [-0.3, -0.25) is 4.79 Å². The van der Waals surface area contributed by atoms with Gasteiger partial charge in [-0.15, -0.1) is 11.3 Å². The fourth-order valence-corrected chi connectivity index (χ4v) is 6.73. The Kier molecular flexibility index (Phi) is 5.28. The maximum atomic E-state index is 12.5. The number of hydrogen-bond acceptors (Lipinski definition) is 5. The zero-order valence-electron chi connectivity index (χ0n) is 10.4. The van der Waals surface area contributed by atoms with Gasteiger partial charge in [0.2, 0.25) is 0 Å². The van der Waals surface area contributed by atoms with Gasteiger partial charge in [-0.1, -0.05) is 0 Å². The van der Waals surface area contributed by atoms with Crippen molar-refractivity contribution in [2.45, 2.75) is 12.5 Å². The molecule has 0 radical (unpaired) electrons. The van der Waals surface area contributed by atoms with Crippen LogP contribution in [0.2, 0.25) is 0 Å². The number of rotatable bonds is 4. The molecule has 0 bridgehead atoms. The fourth-order valence-electron chi connectivity index (χ4n) is 2.22. The van der Waals surface area contributed by atoms with Crippen molar-refractivity contribution >= 4 is 58.9 Å². The van der Waals surface area contributed by atoms with Crippen molar-refractivity contribution < 1.29 is 18.3 Å². The smallest absolute Gasteiger partial charge is 0.256 e. The molecule has 1 aliphatic rings.